The minimum atomic E-state index is 0.954. The Morgan fingerprint density at radius 3 is 2.61 bits per heavy atom. The lowest BCUT2D eigenvalue weighted by atomic mass is 9.97. The third kappa shape index (κ3) is 2.31. The van der Waals surface area contributed by atoms with Gasteiger partial charge in [-0.3, -0.25) is 4.68 Å². The first-order valence-electron chi connectivity index (χ1n) is 6.38. The summed E-state index contributed by atoms with van der Waals surface area (Å²) in [6, 6.07) is 8.51. The summed E-state index contributed by atoms with van der Waals surface area (Å²) in [4.78, 5) is 0. The van der Waals surface area contributed by atoms with Crippen LogP contribution in [0.25, 0.3) is 11.1 Å². The average molecular weight is 243 g/mol. The Balaban J connectivity index is 2.52. The van der Waals surface area contributed by atoms with Gasteiger partial charge in [-0.1, -0.05) is 24.3 Å². The minimum Gasteiger partial charge on any atom is -0.319 e. The lowest BCUT2D eigenvalue weighted by Crippen LogP contribution is -2.11. The van der Waals surface area contributed by atoms with Crippen molar-refractivity contribution in [1.82, 2.24) is 15.1 Å². The van der Waals surface area contributed by atoms with E-state index in [0.29, 0.717) is 0 Å². The van der Waals surface area contributed by atoms with Gasteiger partial charge in [0.1, 0.15) is 0 Å². The molecule has 0 saturated heterocycles. The molecule has 0 aliphatic rings. The molecule has 0 aliphatic heterocycles. The Morgan fingerprint density at radius 1 is 1.22 bits per heavy atom. The molecule has 2 rings (SSSR count). The smallest absolute Gasteiger partial charge is 0.0718 e. The van der Waals surface area contributed by atoms with Crippen LogP contribution in [-0.2, 0) is 13.5 Å². The number of benzene rings is 1. The number of nitrogens with zero attached hydrogens (tertiary/aromatic N) is 2. The second-order valence-electron chi connectivity index (χ2n) is 4.70. The van der Waals surface area contributed by atoms with Crippen molar-refractivity contribution in [2.45, 2.75) is 20.3 Å². The normalized spacial score (nSPS) is 10.9. The molecule has 3 heteroatoms. The van der Waals surface area contributed by atoms with Crippen LogP contribution in [0.1, 0.15) is 17.0 Å². The topological polar surface area (TPSA) is 29.9 Å². The molecule has 1 aromatic carbocycles. The van der Waals surface area contributed by atoms with Crippen molar-refractivity contribution in [3.63, 3.8) is 0 Å². The number of hydrogen-bond donors (Lipinski definition) is 1. The van der Waals surface area contributed by atoms with Gasteiger partial charge >= 0.3 is 0 Å². The fraction of sp³-hybridized carbons (Fsp3) is 0.400. The fourth-order valence-electron chi connectivity index (χ4n) is 2.30. The maximum atomic E-state index is 4.64. The number of likely N-dealkylation sites (N-methyl/N-ethyl adjacent to an activating group) is 1. The van der Waals surface area contributed by atoms with E-state index in [1.807, 2.05) is 18.8 Å². The summed E-state index contributed by atoms with van der Waals surface area (Å²) in [5, 5.41) is 7.83. The molecule has 0 aliphatic carbocycles. The number of nitrogens with one attached hydrogen (secondary N) is 1. The predicted molar refractivity (Wildman–Crippen MR) is 75.7 cm³/mol. The summed E-state index contributed by atoms with van der Waals surface area (Å²) >= 11 is 0. The lowest BCUT2D eigenvalue weighted by molar-refractivity contribution is 0.703. The molecule has 1 heterocycles. The van der Waals surface area contributed by atoms with Crippen molar-refractivity contribution in [3.05, 3.63) is 41.2 Å². The second-order valence-corrected chi connectivity index (χ2v) is 4.70. The van der Waals surface area contributed by atoms with Crippen LogP contribution in [0.4, 0.5) is 0 Å². The van der Waals surface area contributed by atoms with E-state index in [4.69, 9.17) is 0 Å². The number of hydrogen-bond acceptors (Lipinski definition) is 2. The van der Waals surface area contributed by atoms with Crippen molar-refractivity contribution >= 4 is 0 Å². The predicted octanol–water partition coefficient (Wildman–Crippen LogP) is 2.47. The van der Waals surface area contributed by atoms with Crippen molar-refractivity contribution in [2.24, 2.45) is 7.05 Å². The monoisotopic (exact) mass is 243 g/mol. The Labute approximate surface area is 109 Å². The van der Waals surface area contributed by atoms with Gasteiger partial charge in [0.25, 0.3) is 0 Å². The second kappa shape index (κ2) is 5.36. The van der Waals surface area contributed by atoms with Crippen LogP contribution in [0, 0.1) is 13.8 Å². The van der Waals surface area contributed by atoms with E-state index < -0.39 is 0 Å². The molecular weight excluding hydrogens is 222 g/mol. The summed E-state index contributed by atoms with van der Waals surface area (Å²) < 4.78 is 1.98. The van der Waals surface area contributed by atoms with E-state index in [2.05, 4.69) is 48.5 Å². The van der Waals surface area contributed by atoms with Gasteiger partial charge in [-0.25, -0.2) is 0 Å². The lowest BCUT2D eigenvalue weighted by Gasteiger charge is -2.07. The summed E-state index contributed by atoms with van der Waals surface area (Å²) in [6.07, 6.45) is 0.960. The Kier molecular flexibility index (Phi) is 3.82. The summed E-state index contributed by atoms with van der Waals surface area (Å²) in [5.74, 6) is 0. The molecule has 18 heavy (non-hydrogen) atoms. The molecule has 0 fully saturated rings. The zero-order valence-electron chi connectivity index (χ0n) is 11.6. The molecule has 1 N–H and O–H groups in total. The molecule has 1 aromatic heterocycles. The van der Waals surface area contributed by atoms with Crippen LogP contribution in [0.15, 0.2) is 24.3 Å². The fourth-order valence-corrected chi connectivity index (χ4v) is 2.30. The van der Waals surface area contributed by atoms with Gasteiger partial charge in [-0.15, -0.1) is 0 Å². The average Bonchev–Trinajstić information content (AvgIpc) is 2.64. The van der Waals surface area contributed by atoms with E-state index >= 15 is 0 Å². The number of aromatic nitrogens is 2. The molecule has 0 radical (unpaired) electrons. The molecule has 0 bridgehead atoms. The number of rotatable bonds is 4. The Bertz CT molecular complexity index is 541. The van der Waals surface area contributed by atoms with Gasteiger partial charge in [0, 0.05) is 31.3 Å². The molecule has 0 unspecified atom stereocenters. The molecule has 0 saturated carbocycles. The van der Waals surface area contributed by atoms with E-state index in [-0.39, 0.29) is 0 Å². The first-order chi connectivity index (χ1) is 8.65. The van der Waals surface area contributed by atoms with Crippen LogP contribution in [0.5, 0.6) is 0 Å². The zero-order chi connectivity index (χ0) is 13.1. The highest BCUT2D eigenvalue weighted by Gasteiger charge is 2.15. The Morgan fingerprint density at radius 2 is 1.94 bits per heavy atom. The highest BCUT2D eigenvalue weighted by atomic mass is 15.3. The maximum absolute atomic E-state index is 4.64. The standard InChI is InChI=1S/C15H21N3/c1-11-7-5-6-8-13(11)15-12(2)18(4)17-14(15)9-10-16-3/h5-8,16H,9-10H2,1-4H3. The van der Waals surface area contributed by atoms with Gasteiger partial charge in [0.2, 0.25) is 0 Å². The summed E-state index contributed by atoms with van der Waals surface area (Å²) in [5.41, 5.74) is 6.31. The van der Waals surface area contributed by atoms with E-state index in [0.717, 1.165) is 13.0 Å². The first kappa shape index (κ1) is 12.8. The third-order valence-corrected chi connectivity index (χ3v) is 3.43. The van der Waals surface area contributed by atoms with Crippen molar-refractivity contribution in [2.75, 3.05) is 13.6 Å². The molecule has 2 aromatic rings. The van der Waals surface area contributed by atoms with Gasteiger partial charge in [-0.05, 0) is 32.0 Å². The number of aryl methyl sites for hydroxylation is 2. The summed E-state index contributed by atoms with van der Waals surface area (Å²) in [7, 11) is 3.99. The van der Waals surface area contributed by atoms with E-state index in [1.165, 1.54) is 28.1 Å². The van der Waals surface area contributed by atoms with E-state index in [9.17, 15) is 0 Å². The molecule has 3 nitrogen and oxygen atoms in total. The van der Waals surface area contributed by atoms with Crippen LogP contribution < -0.4 is 5.32 Å². The third-order valence-electron chi connectivity index (χ3n) is 3.43. The van der Waals surface area contributed by atoms with Gasteiger partial charge in [-0.2, -0.15) is 5.10 Å². The van der Waals surface area contributed by atoms with Crippen LogP contribution in [-0.4, -0.2) is 23.4 Å². The SMILES string of the molecule is CNCCc1nn(C)c(C)c1-c1ccccc1C. The van der Waals surface area contributed by atoms with Crippen molar-refractivity contribution in [1.29, 1.82) is 0 Å². The quantitative estimate of drug-likeness (QED) is 0.894. The van der Waals surface area contributed by atoms with Crippen molar-refractivity contribution < 1.29 is 0 Å². The Hall–Kier alpha value is -1.61. The highest BCUT2D eigenvalue weighted by Crippen LogP contribution is 2.29. The highest BCUT2D eigenvalue weighted by molar-refractivity contribution is 5.71. The molecule has 0 amide bonds. The first-order valence-corrected chi connectivity index (χ1v) is 6.38. The molecule has 0 atom stereocenters. The van der Waals surface area contributed by atoms with Crippen molar-refractivity contribution in [3.8, 4) is 11.1 Å². The molecule has 0 spiro atoms. The van der Waals surface area contributed by atoms with Crippen LogP contribution in [0.3, 0.4) is 0 Å². The van der Waals surface area contributed by atoms with Gasteiger partial charge in [0.05, 0.1) is 5.69 Å². The summed E-state index contributed by atoms with van der Waals surface area (Å²) in [6.45, 7) is 5.25. The van der Waals surface area contributed by atoms with Gasteiger partial charge in [0.15, 0.2) is 0 Å². The van der Waals surface area contributed by atoms with Crippen LogP contribution in [0.2, 0.25) is 0 Å². The van der Waals surface area contributed by atoms with E-state index in [1.54, 1.807) is 0 Å². The zero-order valence-corrected chi connectivity index (χ0v) is 11.6. The largest absolute Gasteiger partial charge is 0.319 e. The van der Waals surface area contributed by atoms with Crippen LogP contribution >= 0.6 is 0 Å². The molecule has 96 valence electrons. The molecular formula is C15H21N3. The minimum absolute atomic E-state index is 0.954. The maximum Gasteiger partial charge on any atom is 0.0718 e. The van der Waals surface area contributed by atoms with Gasteiger partial charge < -0.3 is 5.32 Å².